The van der Waals surface area contributed by atoms with Gasteiger partial charge in [0.05, 0.1) is 16.6 Å². The van der Waals surface area contributed by atoms with E-state index in [0.29, 0.717) is 5.69 Å². The lowest BCUT2D eigenvalue weighted by molar-refractivity contribution is -0.129. The highest BCUT2D eigenvalue weighted by Gasteiger charge is 2.15. The number of hydrogen-bond donors (Lipinski definition) is 1. The summed E-state index contributed by atoms with van der Waals surface area (Å²) in [5.74, 6) is -0.596. The maximum atomic E-state index is 13.3. The van der Waals surface area contributed by atoms with Crippen LogP contribution in [0.5, 0.6) is 0 Å². The van der Waals surface area contributed by atoms with Gasteiger partial charge in [0.25, 0.3) is 0 Å². The number of anilines is 1. The number of likely N-dealkylation sites (tertiary alicyclic amines) is 1. The molecule has 1 aromatic carbocycles. The quantitative estimate of drug-likeness (QED) is 0.856. The molecule has 110 valence electrons. The molecule has 1 aliphatic heterocycles. The van der Waals surface area contributed by atoms with Gasteiger partial charge in [-0.05, 0) is 25.0 Å². The van der Waals surface area contributed by atoms with Crippen molar-refractivity contribution in [3.8, 4) is 0 Å². The van der Waals surface area contributed by atoms with Crippen molar-refractivity contribution < 1.29 is 9.18 Å². The zero-order valence-corrected chi connectivity index (χ0v) is 12.6. The van der Waals surface area contributed by atoms with Crippen molar-refractivity contribution in [2.24, 2.45) is 0 Å². The average molecular weight is 319 g/mol. The Kier molecular flexibility index (Phi) is 5.49. The van der Waals surface area contributed by atoms with E-state index in [1.807, 2.05) is 4.90 Å². The molecule has 1 amide bonds. The van der Waals surface area contributed by atoms with E-state index in [2.05, 4.69) is 5.32 Å². The third-order valence-corrected chi connectivity index (χ3v) is 3.94. The van der Waals surface area contributed by atoms with Gasteiger partial charge in [0.2, 0.25) is 5.91 Å². The standard InChI is InChI=1S/C14H17Cl2FN2O/c15-11-7-10(8-12(16)14(11)17)18-9-13(20)19-5-3-1-2-4-6-19/h7-8,18H,1-6,9H2. The van der Waals surface area contributed by atoms with Crippen LogP contribution in [0.3, 0.4) is 0 Å². The summed E-state index contributed by atoms with van der Waals surface area (Å²) in [5, 5.41) is 2.84. The molecule has 0 spiro atoms. The molecule has 1 aliphatic rings. The first kappa shape index (κ1) is 15.4. The zero-order valence-electron chi connectivity index (χ0n) is 11.1. The van der Waals surface area contributed by atoms with Gasteiger partial charge in [0.1, 0.15) is 0 Å². The Morgan fingerprint density at radius 1 is 1.15 bits per heavy atom. The van der Waals surface area contributed by atoms with Gasteiger partial charge in [-0.3, -0.25) is 4.79 Å². The van der Waals surface area contributed by atoms with Crippen molar-refractivity contribution >= 4 is 34.8 Å². The van der Waals surface area contributed by atoms with E-state index in [1.165, 1.54) is 25.0 Å². The second kappa shape index (κ2) is 7.14. The fraction of sp³-hybridized carbons (Fsp3) is 0.500. The number of carbonyl (C=O) groups excluding carboxylic acids is 1. The maximum absolute atomic E-state index is 13.3. The first-order valence-corrected chi connectivity index (χ1v) is 7.49. The molecule has 1 N–H and O–H groups in total. The van der Waals surface area contributed by atoms with Crippen molar-refractivity contribution in [2.75, 3.05) is 25.0 Å². The maximum Gasteiger partial charge on any atom is 0.241 e. The zero-order chi connectivity index (χ0) is 14.5. The highest BCUT2D eigenvalue weighted by atomic mass is 35.5. The molecule has 1 heterocycles. The number of hydrogen-bond acceptors (Lipinski definition) is 2. The fourth-order valence-electron chi connectivity index (χ4n) is 2.27. The lowest BCUT2D eigenvalue weighted by Crippen LogP contribution is -2.36. The van der Waals surface area contributed by atoms with Gasteiger partial charge < -0.3 is 10.2 Å². The highest BCUT2D eigenvalue weighted by Crippen LogP contribution is 2.27. The molecule has 0 radical (unpaired) electrons. The number of nitrogens with one attached hydrogen (secondary N) is 1. The van der Waals surface area contributed by atoms with Crippen LogP contribution in [0.2, 0.25) is 10.0 Å². The van der Waals surface area contributed by atoms with E-state index < -0.39 is 5.82 Å². The fourth-order valence-corrected chi connectivity index (χ4v) is 2.75. The van der Waals surface area contributed by atoms with Gasteiger partial charge in [-0.1, -0.05) is 36.0 Å². The van der Waals surface area contributed by atoms with Gasteiger partial charge in [-0.25, -0.2) is 4.39 Å². The number of nitrogens with zero attached hydrogens (tertiary/aromatic N) is 1. The van der Waals surface area contributed by atoms with Crippen LogP contribution in [0.15, 0.2) is 12.1 Å². The van der Waals surface area contributed by atoms with E-state index in [-0.39, 0.29) is 22.5 Å². The molecule has 1 fully saturated rings. The number of halogens is 3. The largest absolute Gasteiger partial charge is 0.376 e. The van der Waals surface area contributed by atoms with Gasteiger partial charge in [-0.15, -0.1) is 0 Å². The van der Waals surface area contributed by atoms with Crippen LogP contribution in [0.4, 0.5) is 10.1 Å². The molecule has 6 heteroatoms. The smallest absolute Gasteiger partial charge is 0.241 e. The molecule has 0 unspecified atom stereocenters. The monoisotopic (exact) mass is 318 g/mol. The van der Waals surface area contributed by atoms with Crippen molar-refractivity contribution in [1.82, 2.24) is 4.90 Å². The van der Waals surface area contributed by atoms with Gasteiger partial charge in [0, 0.05) is 18.8 Å². The first-order chi connectivity index (χ1) is 9.58. The molecular formula is C14H17Cl2FN2O. The normalized spacial score (nSPS) is 15.8. The van der Waals surface area contributed by atoms with Crippen LogP contribution in [-0.2, 0) is 4.79 Å². The van der Waals surface area contributed by atoms with Gasteiger partial charge >= 0.3 is 0 Å². The van der Waals surface area contributed by atoms with Crippen molar-refractivity contribution in [2.45, 2.75) is 25.7 Å². The molecule has 0 saturated carbocycles. The van der Waals surface area contributed by atoms with Crippen LogP contribution in [-0.4, -0.2) is 30.4 Å². The molecule has 0 bridgehead atoms. The summed E-state index contributed by atoms with van der Waals surface area (Å²) in [5.41, 5.74) is 0.546. The summed E-state index contributed by atoms with van der Waals surface area (Å²) in [7, 11) is 0. The molecule has 2 rings (SSSR count). The minimum Gasteiger partial charge on any atom is -0.376 e. The minimum absolute atomic E-state index is 0.0449. The predicted molar refractivity (Wildman–Crippen MR) is 80.0 cm³/mol. The van der Waals surface area contributed by atoms with E-state index in [9.17, 15) is 9.18 Å². The predicted octanol–water partition coefficient (Wildman–Crippen LogP) is 3.95. The molecule has 0 aliphatic carbocycles. The number of carbonyl (C=O) groups is 1. The van der Waals surface area contributed by atoms with Gasteiger partial charge in [-0.2, -0.15) is 0 Å². The van der Waals surface area contributed by atoms with Crippen LogP contribution in [0.25, 0.3) is 0 Å². The molecule has 1 aromatic rings. The van der Waals surface area contributed by atoms with E-state index in [0.717, 1.165) is 25.9 Å². The SMILES string of the molecule is O=C(CNc1cc(Cl)c(F)c(Cl)c1)N1CCCCCC1. The molecular weight excluding hydrogens is 302 g/mol. The van der Waals surface area contributed by atoms with E-state index in [4.69, 9.17) is 23.2 Å². The third-order valence-electron chi connectivity index (χ3n) is 3.39. The minimum atomic E-state index is -0.641. The van der Waals surface area contributed by atoms with Crippen molar-refractivity contribution in [3.63, 3.8) is 0 Å². The summed E-state index contributed by atoms with van der Waals surface area (Å²) in [6.07, 6.45) is 4.47. The van der Waals surface area contributed by atoms with Gasteiger partial charge in [0.15, 0.2) is 5.82 Å². The summed E-state index contributed by atoms with van der Waals surface area (Å²) in [6, 6.07) is 2.86. The van der Waals surface area contributed by atoms with Crippen LogP contribution >= 0.6 is 23.2 Å². The molecule has 3 nitrogen and oxygen atoms in total. The topological polar surface area (TPSA) is 32.3 Å². The van der Waals surface area contributed by atoms with Crippen LogP contribution in [0.1, 0.15) is 25.7 Å². The molecule has 1 saturated heterocycles. The highest BCUT2D eigenvalue weighted by molar-refractivity contribution is 6.35. The second-order valence-electron chi connectivity index (χ2n) is 4.90. The number of amides is 1. The van der Waals surface area contributed by atoms with Crippen molar-refractivity contribution in [1.29, 1.82) is 0 Å². The Morgan fingerprint density at radius 2 is 1.70 bits per heavy atom. The van der Waals surface area contributed by atoms with Crippen molar-refractivity contribution in [3.05, 3.63) is 28.0 Å². The summed E-state index contributed by atoms with van der Waals surface area (Å²) in [4.78, 5) is 14.0. The number of rotatable bonds is 3. The third kappa shape index (κ3) is 4.00. The number of benzene rings is 1. The Balaban J connectivity index is 1.92. The Hall–Kier alpha value is -1.00. The Labute approximate surface area is 128 Å². The second-order valence-corrected chi connectivity index (χ2v) is 5.72. The summed E-state index contributed by atoms with van der Waals surface area (Å²) >= 11 is 11.4. The summed E-state index contributed by atoms with van der Waals surface area (Å²) < 4.78 is 13.3. The van der Waals surface area contributed by atoms with E-state index in [1.54, 1.807) is 0 Å². The average Bonchev–Trinajstić information content (AvgIpc) is 2.71. The Morgan fingerprint density at radius 3 is 2.25 bits per heavy atom. The Bertz CT molecular complexity index is 465. The summed E-state index contributed by atoms with van der Waals surface area (Å²) in [6.45, 7) is 1.79. The molecule has 0 aromatic heterocycles. The van der Waals surface area contributed by atoms with Crippen LogP contribution in [0, 0.1) is 5.82 Å². The lowest BCUT2D eigenvalue weighted by Gasteiger charge is -2.20. The molecule has 20 heavy (non-hydrogen) atoms. The first-order valence-electron chi connectivity index (χ1n) is 6.74. The molecule has 0 atom stereocenters. The van der Waals surface area contributed by atoms with E-state index >= 15 is 0 Å². The lowest BCUT2D eigenvalue weighted by atomic mass is 10.2. The van der Waals surface area contributed by atoms with Crippen LogP contribution < -0.4 is 5.32 Å².